The van der Waals surface area contributed by atoms with Crippen LogP contribution in [-0.2, 0) is 6.54 Å². The molecule has 0 aliphatic rings. The number of nitrogens with one attached hydrogen (secondary N) is 1. The van der Waals surface area contributed by atoms with E-state index >= 15 is 0 Å². The molecule has 84 valence electrons. The molecule has 0 fully saturated rings. The molecule has 0 heterocycles. The molecule has 4 heteroatoms. The third kappa shape index (κ3) is 3.38. The Hall–Kier alpha value is -0.770. The van der Waals surface area contributed by atoms with E-state index in [1.54, 1.807) is 7.11 Å². The molecule has 1 rings (SSSR count). The summed E-state index contributed by atoms with van der Waals surface area (Å²) in [5.41, 5.74) is 2.00. The number of hydrogen-bond donors (Lipinski definition) is 2. The Balaban J connectivity index is 2.80. The molecule has 0 saturated carbocycles. The summed E-state index contributed by atoms with van der Waals surface area (Å²) < 4.78 is 5.25. The van der Waals surface area contributed by atoms with E-state index in [0.717, 1.165) is 21.9 Å². The quantitative estimate of drug-likeness (QED) is 0.756. The van der Waals surface area contributed by atoms with Crippen LogP contribution >= 0.6 is 11.6 Å². The molecule has 0 amide bonds. The second-order valence-electron chi connectivity index (χ2n) is 3.31. The third-order valence-electron chi connectivity index (χ3n) is 2.17. The van der Waals surface area contributed by atoms with Gasteiger partial charge in [0.2, 0.25) is 0 Å². The van der Waals surface area contributed by atoms with Crippen molar-refractivity contribution in [1.29, 1.82) is 0 Å². The standard InChI is InChI=1S/C11H16ClNO2/c1-8-5-11(15-2)9(6-10(8)12)7-13-3-4-14/h5-6,13-14H,3-4,7H2,1-2H3. The zero-order valence-corrected chi connectivity index (χ0v) is 9.77. The van der Waals surface area contributed by atoms with Gasteiger partial charge in [-0.05, 0) is 24.6 Å². The van der Waals surface area contributed by atoms with Gasteiger partial charge >= 0.3 is 0 Å². The Morgan fingerprint density at radius 3 is 2.80 bits per heavy atom. The first kappa shape index (κ1) is 12.3. The Bertz CT molecular complexity index is 329. The fourth-order valence-electron chi connectivity index (χ4n) is 1.33. The average molecular weight is 230 g/mol. The van der Waals surface area contributed by atoms with Gasteiger partial charge in [0.05, 0.1) is 13.7 Å². The molecule has 0 atom stereocenters. The van der Waals surface area contributed by atoms with Gasteiger partial charge in [0.15, 0.2) is 0 Å². The van der Waals surface area contributed by atoms with E-state index in [4.69, 9.17) is 21.4 Å². The molecule has 0 saturated heterocycles. The number of methoxy groups -OCH3 is 1. The first-order valence-corrected chi connectivity index (χ1v) is 5.21. The highest BCUT2D eigenvalue weighted by molar-refractivity contribution is 6.31. The van der Waals surface area contributed by atoms with E-state index in [9.17, 15) is 0 Å². The molecule has 0 aliphatic carbocycles. The van der Waals surface area contributed by atoms with Crippen LogP contribution in [0.2, 0.25) is 5.02 Å². The molecule has 0 bridgehead atoms. The van der Waals surface area contributed by atoms with E-state index in [1.807, 2.05) is 19.1 Å². The highest BCUT2D eigenvalue weighted by atomic mass is 35.5. The molecular formula is C11H16ClNO2. The first-order chi connectivity index (χ1) is 7.19. The van der Waals surface area contributed by atoms with Gasteiger partial charge in [-0.3, -0.25) is 0 Å². The van der Waals surface area contributed by atoms with Crippen LogP contribution in [0.5, 0.6) is 5.75 Å². The van der Waals surface area contributed by atoms with E-state index in [2.05, 4.69) is 5.32 Å². The van der Waals surface area contributed by atoms with Crippen molar-refractivity contribution < 1.29 is 9.84 Å². The van der Waals surface area contributed by atoms with Crippen LogP contribution in [0.15, 0.2) is 12.1 Å². The maximum Gasteiger partial charge on any atom is 0.123 e. The number of rotatable bonds is 5. The highest BCUT2D eigenvalue weighted by Gasteiger charge is 2.06. The number of aliphatic hydroxyl groups is 1. The van der Waals surface area contributed by atoms with Gasteiger partial charge in [-0.25, -0.2) is 0 Å². The number of benzene rings is 1. The largest absolute Gasteiger partial charge is 0.496 e. The number of halogens is 1. The molecule has 1 aromatic carbocycles. The Morgan fingerprint density at radius 2 is 2.20 bits per heavy atom. The summed E-state index contributed by atoms with van der Waals surface area (Å²) in [4.78, 5) is 0. The average Bonchev–Trinajstić information content (AvgIpc) is 2.23. The van der Waals surface area contributed by atoms with Crippen LogP contribution in [0.3, 0.4) is 0 Å². The van der Waals surface area contributed by atoms with Crippen LogP contribution in [0.4, 0.5) is 0 Å². The molecule has 1 aromatic rings. The molecule has 0 spiro atoms. The molecule has 0 unspecified atom stereocenters. The molecule has 0 radical (unpaired) electrons. The van der Waals surface area contributed by atoms with Gasteiger partial charge in [0, 0.05) is 23.7 Å². The molecule has 0 aliphatic heterocycles. The maximum atomic E-state index is 8.65. The van der Waals surface area contributed by atoms with Gasteiger partial charge < -0.3 is 15.2 Å². The van der Waals surface area contributed by atoms with E-state index in [-0.39, 0.29) is 6.61 Å². The van der Waals surface area contributed by atoms with Crippen molar-refractivity contribution in [2.24, 2.45) is 0 Å². The Morgan fingerprint density at radius 1 is 1.47 bits per heavy atom. The minimum atomic E-state index is 0.127. The molecule has 3 nitrogen and oxygen atoms in total. The summed E-state index contributed by atoms with van der Waals surface area (Å²) in [5, 5.41) is 12.5. The summed E-state index contributed by atoms with van der Waals surface area (Å²) in [7, 11) is 1.64. The summed E-state index contributed by atoms with van der Waals surface area (Å²) >= 11 is 6.02. The summed E-state index contributed by atoms with van der Waals surface area (Å²) in [6, 6.07) is 3.80. The summed E-state index contributed by atoms with van der Waals surface area (Å²) in [6.07, 6.45) is 0. The monoisotopic (exact) mass is 229 g/mol. The van der Waals surface area contributed by atoms with Crippen molar-refractivity contribution in [3.63, 3.8) is 0 Å². The molecular weight excluding hydrogens is 214 g/mol. The van der Waals surface area contributed by atoms with E-state index in [1.165, 1.54) is 0 Å². The first-order valence-electron chi connectivity index (χ1n) is 4.83. The van der Waals surface area contributed by atoms with Crippen LogP contribution in [0.25, 0.3) is 0 Å². The number of aliphatic hydroxyl groups excluding tert-OH is 1. The predicted molar refractivity (Wildman–Crippen MR) is 61.5 cm³/mol. The van der Waals surface area contributed by atoms with Crippen molar-refractivity contribution in [2.75, 3.05) is 20.3 Å². The van der Waals surface area contributed by atoms with Gasteiger partial charge in [0.1, 0.15) is 5.75 Å². The van der Waals surface area contributed by atoms with E-state index in [0.29, 0.717) is 13.1 Å². The van der Waals surface area contributed by atoms with Gasteiger partial charge in [-0.2, -0.15) is 0 Å². The zero-order chi connectivity index (χ0) is 11.3. The van der Waals surface area contributed by atoms with Crippen LogP contribution in [0, 0.1) is 6.92 Å². The molecule has 0 aromatic heterocycles. The lowest BCUT2D eigenvalue weighted by Crippen LogP contribution is -2.17. The topological polar surface area (TPSA) is 41.5 Å². The molecule has 15 heavy (non-hydrogen) atoms. The Labute approximate surface area is 95.0 Å². The predicted octanol–water partition coefficient (Wildman–Crippen LogP) is 1.74. The fourth-order valence-corrected chi connectivity index (χ4v) is 1.51. The lowest BCUT2D eigenvalue weighted by molar-refractivity contribution is 0.291. The lowest BCUT2D eigenvalue weighted by atomic mass is 10.1. The van der Waals surface area contributed by atoms with Gasteiger partial charge in [-0.15, -0.1) is 0 Å². The van der Waals surface area contributed by atoms with Crippen LogP contribution in [0.1, 0.15) is 11.1 Å². The smallest absolute Gasteiger partial charge is 0.123 e. The number of hydrogen-bond acceptors (Lipinski definition) is 3. The Kier molecular flexibility index (Phi) is 4.88. The van der Waals surface area contributed by atoms with Crippen LogP contribution in [-0.4, -0.2) is 25.4 Å². The number of aryl methyl sites for hydroxylation is 1. The SMILES string of the molecule is COc1cc(C)c(Cl)cc1CNCCO. The van der Waals surface area contributed by atoms with Gasteiger partial charge in [-0.1, -0.05) is 11.6 Å². The second kappa shape index (κ2) is 5.95. The minimum Gasteiger partial charge on any atom is -0.496 e. The normalized spacial score (nSPS) is 10.4. The third-order valence-corrected chi connectivity index (χ3v) is 2.57. The van der Waals surface area contributed by atoms with Crippen molar-refractivity contribution in [1.82, 2.24) is 5.32 Å². The second-order valence-corrected chi connectivity index (χ2v) is 3.72. The fraction of sp³-hybridized carbons (Fsp3) is 0.455. The zero-order valence-electron chi connectivity index (χ0n) is 9.01. The van der Waals surface area contributed by atoms with E-state index < -0.39 is 0 Å². The van der Waals surface area contributed by atoms with Gasteiger partial charge in [0.25, 0.3) is 0 Å². The lowest BCUT2D eigenvalue weighted by Gasteiger charge is -2.11. The number of ether oxygens (including phenoxy) is 1. The summed E-state index contributed by atoms with van der Waals surface area (Å²) in [5.74, 6) is 0.822. The highest BCUT2D eigenvalue weighted by Crippen LogP contribution is 2.26. The van der Waals surface area contributed by atoms with Crippen molar-refractivity contribution in [3.8, 4) is 5.75 Å². The van der Waals surface area contributed by atoms with Crippen molar-refractivity contribution in [2.45, 2.75) is 13.5 Å². The molecule has 2 N–H and O–H groups in total. The summed E-state index contributed by atoms with van der Waals surface area (Å²) in [6.45, 7) is 3.27. The maximum absolute atomic E-state index is 8.65. The van der Waals surface area contributed by atoms with Crippen molar-refractivity contribution >= 4 is 11.6 Å². The van der Waals surface area contributed by atoms with Crippen molar-refractivity contribution in [3.05, 3.63) is 28.3 Å². The van der Waals surface area contributed by atoms with Crippen LogP contribution < -0.4 is 10.1 Å². The minimum absolute atomic E-state index is 0.127.